The molecular formula is C17H24O5. The summed E-state index contributed by atoms with van der Waals surface area (Å²) in [5.74, 6) is 1.52. The van der Waals surface area contributed by atoms with Crippen LogP contribution in [0.25, 0.3) is 6.08 Å². The van der Waals surface area contributed by atoms with Crippen LogP contribution < -0.4 is 14.2 Å². The van der Waals surface area contributed by atoms with Crippen molar-refractivity contribution in [1.29, 1.82) is 0 Å². The molecule has 0 aromatic heterocycles. The fourth-order valence-electron chi connectivity index (χ4n) is 1.89. The maximum atomic E-state index is 11.9. The van der Waals surface area contributed by atoms with E-state index in [0.29, 0.717) is 35.3 Å². The molecule has 0 saturated carbocycles. The average Bonchev–Trinajstić information content (AvgIpc) is 2.51. The summed E-state index contributed by atoms with van der Waals surface area (Å²) in [5, 5.41) is 0. The zero-order valence-corrected chi connectivity index (χ0v) is 14.1. The van der Waals surface area contributed by atoms with E-state index in [2.05, 4.69) is 0 Å². The van der Waals surface area contributed by atoms with Gasteiger partial charge in [0, 0.05) is 11.1 Å². The molecule has 0 spiro atoms. The molecule has 5 heteroatoms. The minimum Gasteiger partial charge on any atom is -0.493 e. The van der Waals surface area contributed by atoms with Crippen LogP contribution in [0.5, 0.6) is 17.2 Å². The number of methoxy groups -OCH3 is 3. The third-order valence-corrected chi connectivity index (χ3v) is 2.98. The molecule has 1 aromatic carbocycles. The van der Waals surface area contributed by atoms with E-state index in [-0.39, 0.29) is 5.97 Å². The van der Waals surface area contributed by atoms with Crippen LogP contribution in [0.1, 0.15) is 26.3 Å². The van der Waals surface area contributed by atoms with Crippen molar-refractivity contribution in [2.45, 2.75) is 20.8 Å². The van der Waals surface area contributed by atoms with E-state index in [1.165, 1.54) is 7.11 Å². The summed E-state index contributed by atoms with van der Waals surface area (Å²) in [6, 6.07) is 3.57. The molecule has 0 amide bonds. The number of carbonyl (C=O) groups excluding carboxylic acids is 1. The second-order valence-electron chi connectivity index (χ2n) is 5.24. The number of hydrogen-bond acceptors (Lipinski definition) is 5. The van der Waals surface area contributed by atoms with Crippen molar-refractivity contribution in [3.8, 4) is 17.2 Å². The molecule has 0 saturated heterocycles. The topological polar surface area (TPSA) is 54.0 Å². The van der Waals surface area contributed by atoms with Crippen LogP contribution >= 0.6 is 0 Å². The zero-order valence-electron chi connectivity index (χ0n) is 14.1. The number of hydrogen-bond donors (Lipinski definition) is 0. The van der Waals surface area contributed by atoms with Crippen LogP contribution in [0, 0.1) is 5.92 Å². The lowest BCUT2D eigenvalue weighted by Crippen LogP contribution is -2.10. The molecule has 0 fully saturated rings. The fraction of sp³-hybridized carbons (Fsp3) is 0.471. The number of esters is 1. The summed E-state index contributed by atoms with van der Waals surface area (Å²) >= 11 is 0. The van der Waals surface area contributed by atoms with Crippen LogP contribution in [0.4, 0.5) is 0 Å². The van der Waals surface area contributed by atoms with Gasteiger partial charge in [-0.1, -0.05) is 13.8 Å². The first kappa shape index (κ1) is 17.9. The summed E-state index contributed by atoms with van der Waals surface area (Å²) in [5.41, 5.74) is 1.21. The lowest BCUT2D eigenvalue weighted by Gasteiger charge is -2.14. The van der Waals surface area contributed by atoms with E-state index in [1.807, 2.05) is 13.8 Å². The van der Waals surface area contributed by atoms with Crippen molar-refractivity contribution in [2.24, 2.45) is 5.92 Å². The third-order valence-electron chi connectivity index (χ3n) is 2.98. The van der Waals surface area contributed by atoms with Crippen molar-refractivity contribution >= 4 is 12.0 Å². The van der Waals surface area contributed by atoms with Gasteiger partial charge in [0.05, 0.1) is 27.9 Å². The quantitative estimate of drug-likeness (QED) is 0.571. The lowest BCUT2D eigenvalue weighted by molar-refractivity contribution is -0.139. The van der Waals surface area contributed by atoms with E-state index in [0.717, 1.165) is 5.56 Å². The first-order chi connectivity index (χ1) is 10.4. The van der Waals surface area contributed by atoms with Crippen LogP contribution in [0.3, 0.4) is 0 Å². The molecule has 0 heterocycles. The van der Waals surface area contributed by atoms with Crippen molar-refractivity contribution in [3.05, 3.63) is 23.3 Å². The normalized spacial score (nSPS) is 11.3. The maximum absolute atomic E-state index is 11.9. The Kier molecular flexibility index (Phi) is 6.76. The Bertz CT molecular complexity index is 546. The molecule has 0 N–H and O–H groups in total. The highest BCUT2D eigenvalue weighted by atomic mass is 16.5. The Morgan fingerprint density at radius 2 is 1.73 bits per heavy atom. The largest absolute Gasteiger partial charge is 0.493 e. The number of carbonyl (C=O) groups is 1. The Morgan fingerprint density at radius 3 is 2.23 bits per heavy atom. The monoisotopic (exact) mass is 308 g/mol. The van der Waals surface area contributed by atoms with Gasteiger partial charge in [-0.3, -0.25) is 0 Å². The molecule has 0 radical (unpaired) electrons. The van der Waals surface area contributed by atoms with Gasteiger partial charge in [0.1, 0.15) is 0 Å². The van der Waals surface area contributed by atoms with Crippen LogP contribution in [-0.2, 0) is 9.53 Å². The van der Waals surface area contributed by atoms with Crippen molar-refractivity contribution in [3.63, 3.8) is 0 Å². The van der Waals surface area contributed by atoms with Gasteiger partial charge >= 0.3 is 5.97 Å². The number of benzene rings is 1. The molecule has 22 heavy (non-hydrogen) atoms. The van der Waals surface area contributed by atoms with Crippen LogP contribution in [0.2, 0.25) is 0 Å². The van der Waals surface area contributed by atoms with Gasteiger partial charge in [-0.25, -0.2) is 4.79 Å². The Labute approximate surface area is 131 Å². The van der Waals surface area contributed by atoms with Crippen molar-refractivity contribution in [2.75, 3.05) is 27.9 Å². The maximum Gasteiger partial charge on any atom is 0.333 e. The predicted molar refractivity (Wildman–Crippen MR) is 85.5 cm³/mol. The summed E-state index contributed by atoms with van der Waals surface area (Å²) in [6.45, 7) is 6.08. The van der Waals surface area contributed by atoms with Crippen LogP contribution in [-0.4, -0.2) is 33.9 Å². The molecule has 0 bridgehead atoms. The van der Waals surface area contributed by atoms with Gasteiger partial charge in [0.2, 0.25) is 5.75 Å². The summed E-state index contributed by atoms with van der Waals surface area (Å²) in [6.07, 6.45) is 1.71. The predicted octanol–water partition coefficient (Wildman–Crippen LogP) is 3.31. The van der Waals surface area contributed by atoms with E-state index in [1.54, 1.807) is 39.4 Å². The number of rotatable bonds is 7. The highest BCUT2D eigenvalue weighted by molar-refractivity contribution is 5.93. The summed E-state index contributed by atoms with van der Waals surface area (Å²) < 4.78 is 21.2. The first-order valence-electron chi connectivity index (χ1n) is 7.09. The van der Waals surface area contributed by atoms with Crippen molar-refractivity contribution in [1.82, 2.24) is 0 Å². The molecule has 0 aliphatic rings. The smallest absolute Gasteiger partial charge is 0.333 e. The molecular weight excluding hydrogens is 284 g/mol. The van der Waals surface area contributed by atoms with Crippen LogP contribution in [0.15, 0.2) is 17.7 Å². The van der Waals surface area contributed by atoms with E-state index >= 15 is 0 Å². The summed E-state index contributed by atoms with van der Waals surface area (Å²) in [4.78, 5) is 11.9. The minimum absolute atomic E-state index is 0.298. The molecule has 0 aliphatic heterocycles. The Morgan fingerprint density at radius 1 is 1.09 bits per heavy atom. The van der Waals surface area contributed by atoms with E-state index in [9.17, 15) is 4.79 Å². The average molecular weight is 308 g/mol. The lowest BCUT2D eigenvalue weighted by atomic mass is 10.1. The third kappa shape index (κ3) is 4.41. The van der Waals surface area contributed by atoms with Gasteiger partial charge in [-0.15, -0.1) is 0 Å². The highest BCUT2D eigenvalue weighted by Gasteiger charge is 2.16. The van der Waals surface area contributed by atoms with E-state index < -0.39 is 0 Å². The molecule has 5 nitrogen and oxygen atoms in total. The highest BCUT2D eigenvalue weighted by Crippen LogP contribution is 2.40. The number of ether oxygens (including phenoxy) is 4. The summed E-state index contributed by atoms with van der Waals surface area (Å²) in [7, 11) is 4.64. The standard InChI is InChI=1S/C17H24O5/c1-11(2)10-22-17(18)12(3)9-13-7-8-14(19-4)16(21-6)15(13)20-5/h7-9,11H,10H2,1-6H3. The zero-order chi connectivity index (χ0) is 16.7. The fourth-order valence-corrected chi connectivity index (χ4v) is 1.89. The molecule has 1 rings (SSSR count). The molecule has 0 atom stereocenters. The molecule has 122 valence electrons. The molecule has 1 aromatic rings. The van der Waals surface area contributed by atoms with Gasteiger partial charge in [0.25, 0.3) is 0 Å². The van der Waals surface area contributed by atoms with E-state index in [4.69, 9.17) is 18.9 Å². The SMILES string of the molecule is COc1ccc(C=C(C)C(=O)OCC(C)C)c(OC)c1OC. The minimum atomic E-state index is -0.342. The van der Waals surface area contributed by atoms with Gasteiger partial charge < -0.3 is 18.9 Å². The van der Waals surface area contributed by atoms with Gasteiger partial charge in [0.15, 0.2) is 11.5 Å². The second-order valence-corrected chi connectivity index (χ2v) is 5.24. The Hall–Kier alpha value is -2.17. The first-order valence-corrected chi connectivity index (χ1v) is 7.09. The van der Waals surface area contributed by atoms with Crippen molar-refractivity contribution < 1.29 is 23.7 Å². The van der Waals surface area contributed by atoms with Gasteiger partial charge in [-0.05, 0) is 31.1 Å². The molecule has 0 aliphatic carbocycles. The second kappa shape index (κ2) is 8.32. The Balaban J connectivity index is 3.10. The van der Waals surface area contributed by atoms with Gasteiger partial charge in [-0.2, -0.15) is 0 Å². The molecule has 0 unspecified atom stereocenters.